The highest BCUT2D eigenvalue weighted by molar-refractivity contribution is 6.07. The molecule has 0 radical (unpaired) electrons. The second kappa shape index (κ2) is 8.25. The Bertz CT molecular complexity index is 878. The highest BCUT2D eigenvalue weighted by atomic mass is 16.1. The average Bonchev–Trinajstić information content (AvgIpc) is 2.67. The maximum Gasteiger partial charge on any atom is 0.259 e. The number of rotatable bonds is 6. The molecule has 2 N–H and O–H groups in total. The molecular weight excluding hydrogens is 324 g/mol. The van der Waals surface area contributed by atoms with E-state index in [0.717, 1.165) is 11.3 Å². The van der Waals surface area contributed by atoms with E-state index in [1.807, 2.05) is 30.3 Å². The minimum absolute atomic E-state index is 0.184. The fraction of sp³-hybridized carbons (Fsp3) is 0.190. The third-order valence-electron chi connectivity index (χ3n) is 4.07. The van der Waals surface area contributed by atoms with E-state index in [1.54, 1.807) is 30.7 Å². The summed E-state index contributed by atoms with van der Waals surface area (Å²) in [6.07, 6.45) is 5.15. The number of pyridine rings is 2. The van der Waals surface area contributed by atoms with Gasteiger partial charge in [0.05, 0.1) is 5.56 Å². The van der Waals surface area contributed by atoms with Gasteiger partial charge in [-0.1, -0.05) is 26.0 Å². The number of benzene rings is 1. The Balaban J connectivity index is 1.74. The summed E-state index contributed by atoms with van der Waals surface area (Å²) < 4.78 is 0. The van der Waals surface area contributed by atoms with E-state index in [9.17, 15) is 4.79 Å². The molecule has 2 heterocycles. The number of aromatic nitrogens is 2. The first-order chi connectivity index (χ1) is 12.6. The molecule has 0 bridgehead atoms. The Kier molecular flexibility index (Phi) is 5.59. The first-order valence-corrected chi connectivity index (χ1v) is 8.62. The predicted molar refractivity (Wildman–Crippen MR) is 104 cm³/mol. The Morgan fingerprint density at radius 3 is 2.62 bits per heavy atom. The summed E-state index contributed by atoms with van der Waals surface area (Å²) in [4.78, 5) is 21.0. The molecule has 26 heavy (non-hydrogen) atoms. The monoisotopic (exact) mass is 346 g/mol. The van der Waals surface area contributed by atoms with Crippen molar-refractivity contribution < 1.29 is 4.79 Å². The Hall–Kier alpha value is -3.21. The van der Waals surface area contributed by atoms with E-state index in [0.29, 0.717) is 23.8 Å². The van der Waals surface area contributed by atoms with Crippen LogP contribution in [0.3, 0.4) is 0 Å². The van der Waals surface area contributed by atoms with Crippen LogP contribution in [-0.2, 0) is 6.54 Å². The standard InChI is InChI=1S/C21H22N4O/c1-15(2)17-5-3-6-18(13-17)25-21(26)19-7-4-10-23-20(19)24-14-16-8-11-22-12-9-16/h3-13,15H,14H2,1-2H3,(H,23,24)(H,25,26). The fourth-order valence-corrected chi connectivity index (χ4v) is 2.59. The van der Waals surface area contributed by atoms with Crippen LogP contribution >= 0.6 is 0 Å². The van der Waals surface area contributed by atoms with Crippen molar-refractivity contribution >= 4 is 17.4 Å². The van der Waals surface area contributed by atoms with Crippen LogP contribution in [0.5, 0.6) is 0 Å². The van der Waals surface area contributed by atoms with Gasteiger partial charge in [0, 0.05) is 30.8 Å². The Morgan fingerprint density at radius 1 is 1.04 bits per heavy atom. The van der Waals surface area contributed by atoms with Gasteiger partial charge in [-0.3, -0.25) is 9.78 Å². The van der Waals surface area contributed by atoms with E-state index in [4.69, 9.17) is 0 Å². The number of carbonyl (C=O) groups excluding carboxylic acids is 1. The van der Waals surface area contributed by atoms with Crippen LogP contribution < -0.4 is 10.6 Å². The predicted octanol–water partition coefficient (Wildman–Crippen LogP) is 4.46. The fourth-order valence-electron chi connectivity index (χ4n) is 2.59. The van der Waals surface area contributed by atoms with Crippen molar-refractivity contribution in [1.82, 2.24) is 9.97 Å². The summed E-state index contributed by atoms with van der Waals surface area (Å²) in [6, 6.07) is 15.3. The van der Waals surface area contributed by atoms with Crippen molar-refractivity contribution in [3.8, 4) is 0 Å². The number of hydrogen-bond acceptors (Lipinski definition) is 4. The lowest BCUT2D eigenvalue weighted by Crippen LogP contribution is -2.16. The molecule has 0 fully saturated rings. The third kappa shape index (κ3) is 4.45. The third-order valence-corrected chi connectivity index (χ3v) is 4.07. The van der Waals surface area contributed by atoms with Crippen molar-refractivity contribution in [1.29, 1.82) is 0 Å². The van der Waals surface area contributed by atoms with Gasteiger partial charge in [-0.25, -0.2) is 4.98 Å². The lowest BCUT2D eigenvalue weighted by molar-refractivity contribution is 0.102. The number of nitrogens with zero attached hydrogens (tertiary/aromatic N) is 2. The van der Waals surface area contributed by atoms with Gasteiger partial charge >= 0.3 is 0 Å². The molecule has 0 aliphatic carbocycles. The quantitative estimate of drug-likeness (QED) is 0.691. The lowest BCUT2D eigenvalue weighted by atomic mass is 10.0. The molecule has 3 aromatic rings. The van der Waals surface area contributed by atoms with Crippen molar-refractivity contribution in [3.05, 3.63) is 83.8 Å². The van der Waals surface area contributed by atoms with Crippen LogP contribution in [0.4, 0.5) is 11.5 Å². The zero-order chi connectivity index (χ0) is 18.4. The number of amides is 1. The van der Waals surface area contributed by atoms with Gasteiger partial charge in [-0.15, -0.1) is 0 Å². The van der Waals surface area contributed by atoms with Gasteiger partial charge < -0.3 is 10.6 Å². The maximum atomic E-state index is 12.7. The van der Waals surface area contributed by atoms with Gasteiger partial charge in [-0.05, 0) is 53.4 Å². The summed E-state index contributed by atoms with van der Waals surface area (Å²) in [5.41, 5.74) is 3.55. The molecule has 132 valence electrons. The summed E-state index contributed by atoms with van der Waals surface area (Å²) in [5.74, 6) is 0.779. The van der Waals surface area contributed by atoms with Crippen molar-refractivity contribution in [2.24, 2.45) is 0 Å². The normalized spacial score (nSPS) is 10.6. The number of carbonyl (C=O) groups is 1. The Labute approximate surface area is 153 Å². The van der Waals surface area contributed by atoms with Gasteiger partial charge in [-0.2, -0.15) is 0 Å². The van der Waals surface area contributed by atoms with Crippen molar-refractivity contribution in [2.75, 3.05) is 10.6 Å². The Morgan fingerprint density at radius 2 is 1.85 bits per heavy atom. The topological polar surface area (TPSA) is 66.9 Å². The molecule has 0 unspecified atom stereocenters. The largest absolute Gasteiger partial charge is 0.365 e. The average molecular weight is 346 g/mol. The van der Waals surface area contributed by atoms with E-state index in [-0.39, 0.29) is 5.91 Å². The first-order valence-electron chi connectivity index (χ1n) is 8.62. The van der Waals surface area contributed by atoms with E-state index < -0.39 is 0 Å². The SMILES string of the molecule is CC(C)c1cccc(NC(=O)c2cccnc2NCc2ccncc2)c1. The molecule has 0 saturated carbocycles. The zero-order valence-corrected chi connectivity index (χ0v) is 14.9. The summed E-state index contributed by atoms with van der Waals surface area (Å²) in [6.45, 7) is 4.83. The van der Waals surface area contributed by atoms with Crippen molar-refractivity contribution in [2.45, 2.75) is 26.3 Å². The minimum Gasteiger partial charge on any atom is -0.365 e. The second-order valence-corrected chi connectivity index (χ2v) is 6.34. The molecule has 0 aliphatic heterocycles. The van der Waals surface area contributed by atoms with Crippen LogP contribution in [0.2, 0.25) is 0 Å². The summed E-state index contributed by atoms with van der Waals surface area (Å²) in [5, 5.41) is 6.19. The van der Waals surface area contributed by atoms with Crippen LogP contribution in [0.25, 0.3) is 0 Å². The van der Waals surface area contributed by atoms with Gasteiger partial charge in [0.2, 0.25) is 0 Å². The highest BCUT2D eigenvalue weighted by Crippen LogP contribution is 2.20. The van der Waals surface area contributed by atoms with E-state index in [2.05, 4.69) is 40.5 Å². The second-order valence-electron chi connectivity index (χ2n) is 6.34. The molecule has 3 rings (SSSR count). The molecular formula is C21H22N4O. The first kappa shape index (κ1) is 17.6. The number of anilines is 2. The van der Waals surface area contributed by atoms with Crippen LogP contribution in [0, 0.1) is 0 Å². The minimum atomic E-state index is -0.184. The smallest absolute Gasteiger partial charge is 0.259 e. The number of hydrogen-bond donors (Lipinski definition) is 2. The molecule has 1 amide bonds. The van der Waals surface area contributed by atoms with E-state index >= 15 is 0 Å². The number of nitrogens with one attached hydrogen (secondary N) is 2. The maximum absolute atomic E-state index is 12.7. The molecule has 5 nitrogen and oxygen atoms in total. The molecule has 5 heteroatoms. The van der Waals surface area contributed by atoms with Crippen molar-refractivity contribution in [3.63, 3.8) is 0 Å². The van der Waals surface area contributed by atoms with E-state index in [1.165, 1.54) is 5.56 Å². The molecule has 1 aromatic carbocycles. The van der Waals surface area contributed by atoms with Crippen LogP contribution in [0.15, 0.2) is 67.1 Å². The lowest BCUT2D eigenvalue weighted by Gasteiger charge is -2.12. The van der Waals surface area contributed by atoms with Crippen LogP contribution in [0.1, 0.15) is 41.3 Å². The zero-order valence-electron chi connectivity index (χ0n) is 14.9. The molecule has 0 saturated heterocycles. The highest BCUT2D eigenvalue weighted by Gasteiger charge is 2.13. The van der Waals surface area contributed by atoms with Gasteiger partial charge in [0.15, 0.2) is 0 Å². The molecule has 0 atom stereocenters. The van der Waals surface area contributed by atoms with Crippen LogP contribution in [-0.4, -0.2) is 15.9 Å². The van der Waals surface area contributed by atoms with Gasteiger partial charge in [0.25, 0.3) is 5.91 Å². The molecule has 2 aromatic heterocycles. The summed E-state index contributed by atoms with van der Waals surface area (Å²) >= 11 is 0. The summed E-state index contributed by atoms with van der Waals surface area (Å²) in [7, 11) is 0. The van der Waals surface area contributed by atoms with Gasteiger partial charge in [0.1, 0.15) is 5.82 Å². The molecule has 0 spiro atoms. The molecule has 0 aliphatic rings.